The van der Waals surface area contributed by atoms with E-state index in [1.165, 1.54) is 10.3 Å². The summed E-state index contributed by atoms with van der Waals surface area (Å²) >= 11 is 0.826. The van der Waals surface area contributed by atoms with Crippen molar-refractivity contribution in [1.82, 2.24) is 9.88 Å². The predicted molar refractivity (Wildman–Crippen MR) is 118 cm³/mol. The third-order valence-corrected chi connectivity index (χ3v) is 8.35. The second-order valence-electron chi connectivity index (χ2n) is 8.92. The van der Waals surface area contributed by atoms with Crippen molar-refractivity contribution in [3.8, 4) is 5.75 Å². The molecule has 1 amide bonds. The molecule has 1 aliphatic heterocycles. The monoisotopic (exact) mass is 536 g/mol. The first kappa shape index (κ1) is 25.5. The Bertz CT molecular complexity index is 1290. The number of aromatic nitrogens is 1. The molecular weight excluding hydrogens is 515 g/mol. The Balaban J connectivity index is 1.65. The fraction of sp³-hybridized carbons (Fsp3) is 0.455. The van der Waals surface area contributed by atoms with Crippen molar-refractivity contribution in [3.63, 3.8) is 0 Å². The van der Waals surface area contributed by atoms with Gasteiger partial charge >= 0.3 is 6.18 Å². The number of alkyl halides is 5. The van der Waals surface area contributed by atoms with E-state index in [9.17, 15) is 35.2 Å². The summed E-state index contributed by atoms with van der Waals surface area (Å²) in [4.78, 5) is 18.6. The summed E-state index contributed by atoms with van der Waals surface area (Å²) in [5.41, 5.74) is -0.509. The summed E-state index contributed by atoms with van der Waals surface area (Å²) < 4.78 is 96.1. The summed E-state index contributed by atoms with van der Waals surface area (Å²) in [6, 6.07) is 3.05. The number of hydrogen-bond acceptors (Lipinski definition) is 6. The number of ether oxygens (including phenoxy) is 1. The highest BCUT2D eigenvalue weighted by molar-refractivity contribution is 7.90. The molecule has 3 atom stereocenters. The smallest absolute Gasteiger partial charge is 0.429 e. The van der Waals surface area contributed by atoms with Gasteiger partial charge in [0.15, 0.2) is 14.8 Å². The summed E-state index contributed by atoms with van der Waals surface area (Å²) in [6.07, 6.45) is -5.15. The minimum absolute atomic E-state index is 0.0505. The van der Waals surface area contributed by atoms with Crippen molar-refractivity contribution in [2.75, 3.05) is 19.3 Å². The summed E-state index contributed by atoms with van der Waals surface area (Å²) in [5, 5.41) is 1.20. The zero-order chi connectivity index (χ0) is 26.0. The van der Waals surface area contributed by atoms with Crippen molar-refractivity contribution in [3.05, 3.63) is 52.5 Å². The van der Waals surface area contributed by atoms with Gasteiger partial charge in [0, 0.05) is 37.1 Å². The molecular formula is C22H21F5N2O4S2. The minimum Gasteiger partial charge on any atom is -0.476 e. The number of halogens is 5. The van der Waals surface area contributed by atoms with Gasteiger partial charge in [-0.2, -0.15) is 22.0 Å². The predicted octanol–water partition coefficient (Wildman–Crippen LogP) is 4.57. The number of likely N-dealkylation sites (tertiary alicyclic amines) is 1. The molecule has 13 heteroatoms. The fourth-order valence-electron chi connectivity index (χ4n) is 4.30. The van der Waals surface area contributed by atoms with Crippen LogP contribution in [0.25, 0.3) is 0 Å². The van der Waals surface area contributed by atoms with Gasteiger partial charge in [-0.3, -0.25) is 4.79 Å². The van der Waals surface area contributed by atoms with Crippen molar-refractivity contribution >= 4 is 27.1 Å². The number of hydrogen-bond donors (Lipinski definition) is 0. The molecule has 0 radical (unpaired) electrons. The van der Waals surface area contributed by atoms with Crippen molar-refractivity contribution in [2.24, 2.45) is 5.92 Å². The topological polar surface area (TPSA) is 76.6 Å². The van der Waals surface area contributed by atoms with Crippen LogP contribution in [-0.2, 0) is 21.2 Å². The van der Waals surface area contributed by atoms with E-state index < -0.39 is 45.1 Å². The lowest BCUT2D eigenvalue weighted by Gasteiger charge is -2.24. The normalized spacial score (nSPS) is 23.1. The number of fused-ring (bicyclic) bond motifs is 1. The van der Waals surface area contributed by atoms with Gasteiger partial charge in [-0.1, -0.05) is 6.58 Å². The molecule has 3 unspecified atom stereocenters. The Kier molecular flexibility index (Phi) is 6.03. The molecule has 190 valence electrons. The number of benzene rings is 1. The van der Waals surface area contributed by atoms with Gasteiger partial charge in [0.2, 0.25) is 6.10 Å². The first-order chi connectivity index (χ1) is 16.1. The maximum Gasteiger partial charge on any atom is 0.429 e. The van der Waals surface area contributed by atoms with E-state index in [2.05, 4.69) is 11.6 Å². The molecule has 1 aromatic heterocycles. The number of thiazole rings is 1. The van der Waals surface area contributed by atoms with Gasteiger partial charge in [0.05, 0.1) is 16.2 Å². The number of carbonyl (C=O) groups excluding carboxylic acids is 1. The van der Waals surface area contributed by atoms with Gasteiger partial charge in [0.25, 0.3) is 11.8 Å². The van der Waals surface area contributed by atoms with Crippen LogP contribution in [0.3, 0.4) is 0 Å². The molecule has 0 bridgehead atoms. The lowest BCUT2D eigenvalue weighted by Crippen LogP contribution is -2.35. The van der Waals surface area contributed by atoms with Gasteiger partial charge in [0.1, 0.15) is 5.75 Å². The average molecular weight is 537 g/mol. The van der Waals surface area contributed by atoms with Crippen molar-refractivity contribution < 1.29 is 39.9 Å². The lowest BCUT2D eigenvalue weighted by atomic mass is 10.0. The van der Waals surface area contributed by atoms with Gasteiger partial charge in [-0.15, -0.1) is 11.3 Å². The molecule has 2 fully saturated rings. The number of rotatable bonds is 7. The highest BCUT2D eigenvalue weighted by Gasteiger charge is 2.63. The van der Waals surface area contributed by atoms with E-state index in [-0.39, 0.29) is 34.5 Å². The summed E-state index contributed by atoms with van der Waals surface area (Å²) in [5.74, 6) is -4.32. The maximum absolute atomic E-state index is 13.6. The molecule has 0 N–H and O–H groups in total. The summed E-state index contributed by atoms with van der Waals surface area (Å²) in [7, 11) is -3.78. The minimum atomic E-state index is -4.80. The number of carbonyl (C=O) groups is 1. The SMILES string of the molecule is C=CC(Oc1ccc(S(C)(=O)=O)cc1C(=O)N1CC2CC2(c2csc(C(C)(F)F)n2)C1)C(F)(F)F. The number of sulfone groups is 1. The van der Waals surface area contributed by atoms with Crippen molar-refractivity contribution in [2.45, 2.75) is 41.9 Å². The lowest BCUT2D eigenvalue weighted by molar-refractivity contribution is -0.180. The Morgan fingerprint density at radius 2 is 2.03 bits per heavy atom. The molecule has 4 rings (SSSR count). The van der Waals surface area contributed by atoms with Crippen LogP contribution in [0, 0.1) is 5.92 Å². The Hall–Kier alpha value is -2.54. The first-order valence-electron chi connectivity index (χ1n) is 10.4. The molecule has 1 saturated heterocycles. The number of nitrogens with zero attached hydrogens (tertiary/aromatic N) is 2. The standard InChI is InChI=1S/C22H21F5N2O4S2/c1-4-17(22(25,26)27)33-15-6-5-13(35(3,31)32)7-14(15)18(30)29-9-12-8-21(12,11-29)16-10-34-19(28-16)20(2,23)24/h4-7,10,12,17H,1,8-9,11H2,2-3H3. The van der Waals surface area contributed by atoms with Crippen LogP contribution in [0.2, 0.25) is 0 Å². The quantitative estimate of drug-likeness (QED) is 0.383. The van der Waals surface area contributed by atoms with Crippen LogP contribution >= 0.6 is 11.3 Å². The first-order valence-corrected chi connectivity index (χ1v) is 13.2. The van der Waals surface area contributed by atoms with Gasteiger partial charge in [-0.05, 0) is 36.6 Å². The van der Waals surface area contributed by atoms with Gasteiger partial charge in [-0.25, -0.2) is 13.4 Å². The molecule has 0 spiro atoms. The zero-order valence-corrected chi connectivity index (χ0v) is 20.2. The second-order valence-corrected chi connectivity index (χ2v) is 11.8. The third kappa shape index (κ3) is 4.80. The molecule has 1 aliphatic carbocycles. The third-order valence-electron chi connectivity index (χ3n) is 6.22. The van der Waals surface area contributed by atoms with E-state index in [0.717, 1.165) is 42.7 Å². The average Bonchev–Trinajstić information content (AvgIpc) is 3.10. The van der Waals surface area contributed by atoms with Gasteiger partial charge < -0.3 is 9.64 Å². The maximum atomic E-state index is 13.6. The van der Waals surface area contributed by atoms with Crippen LogP contribution in [0.5, 0.6) is 5.75 Å². The van der Waals surface area contributed by atoms with Crippen LogP contribution < -0.4 is 4.74 Å². The van der Waals surface area contributed by atoms with Crippen molar-refractivity contribution in [1.29, 1.82) is 0 Å². The number of amides is 1. The molecule has 2 aliphatic rings. The number of piperidine rings is 1. The Morgan fingerprint density at radius 3 is 2.57 bits per heavy atom. The van der Waals surface area contributed by atoms with E-state index in [4.69, 9.17) is 4.74 Å². The molecule has 35 heavy (non-hydrogen) atoms. The van der Waals surface area contributed by atoms with Crippen LogP contribution in [0.1, 0.15) is 34.4 Å². The Labute approximate surface area is 202 Å². The van der Waals surface area contributed by atoms with E-state index in [1.54, 1.807) is 0 Å². The molecule has 1 aromatic carbocycles. The molecule has 2 heterocycles. The Morgan fingerprint density at radius 1 is 1.34 bits per heavy atom. The largest absolute Gasteiger partial charge is 0.476 e. The second kappa shape index (κ2) is 8.26. The van der Waals surface area contributed by atoms with E-state index in [1.807, 2.05) is 0 Å². The highest BCUT2D eigenvalue weighted by atomic mass is 32.2. The van der Waals surface area contributed by atoms with E-state index in [0.29, 0.717) is 18.2 Å². The van der Waals surface area contributed by atoms with Crippen LogP contribution in [0.15, 0.2) is 41.1 Å². The zero-order valence-electron chi connectivity index (χ0n) is 18.6. The molecule has 6 nitrogen and oxygen atoms in total. The summed E-state index contributed by atoms with van der Waals surface area (Å²) in [6.45, 7) is 4.20. The molecule has 2 aromatic rings. The fourth-order valence-corrected chi connectivity index (χ4v) is 5.82. The van der Waals surface area contributed by atoms with Crippen LogP contribution in [0.4, 0.5) is 22.0 Å². The van der Waals surface area contributed by atoms with E-state index >= 15 is 0 Å². The molecule has 1 saturated carbocycles. The highest BCUT2D eigenvalue weighted by Crippen LogP contribution is 2.59. The van der Waals surface area contributed by atoms with Crippen LogP contribution in [-0.4, -0.2) is 55.8 Å².